The molecule has 0 saturated carbocycles. The molecule has 4 heteroatoms. The second-order valence-electron chi connectivity index (χ2n) is 3.50. The van der Waals surface area contributed by atoms with E-state index in [-0.39, 0.29) is 5.75 Å². The monoisotopic (exact) mass is 225 g/mol. The maximum absolute atomic E-state index is 9.57. The Morgan fingerprint density at radius 1 is 1.25 bits per heavy atom. The lowest BCUT2D eigenvalue weighted by Gasteiger charge is -2.07. The molecule has 16 heavy (non-hydrogen) atoms. The van der Waals surface area contributed by atoms with Crippen molar-refractivity contribution in [2.24, 2.45) is 0 Å². The molecular weight excluding hydrogens is 206 g/mol. The van der Waals surface area contributed by atoms with Crippen LogP contribution in [0.4, 0.5) is 0 Å². The summed E-state index contributed by atoms with van der Waals surface area (Å²) in [4.78, 5) is 0. The molecule has 0 unspecified atom stereocenters. The van der Waals surface area contributed by atoms with E-state index in [0.29, 0.717) is 12.4 Å². The van der Waals surface area contributed by atoms with Crippen molar-refractivity contribution in [3.8, 4) is 11.5 Å². The number of aromatic hydroxyl groups is 1. The lowest BCUT2D eigenvalue weighted by atomic mass is 10.1. The molecule has 0 fully saturated rings. The van der Waals surface area contributed by atoms with Gasteiger partial charge in [0.25, 0.3) is 0 Å². The lowest BCUT2D eigenvalue weighted by Crippen LogP contribution is -2.21. The van der Waals surface area contributed by atoms with Crippen LogP contribution in [0.2, 0.25) is 0 Å². The van der Waals surface area contributed by atoms with Gasteiger partial charge in [-0.3, -0.25) is 0 Å². The molecule has 0 aromatic heterocycles. The molecule has 1 aromatic rings. The van der Waals surface area contributed by atoms with Gasteiger partial charge in [-0.25, -0.2) is 0 Å². The Morgan fingerprint density at radius 2 is 2.06 bits per heavy atom. The molecule has 1 rings (SSSR count). The number of phenolic OH excluding ortho intramolecular Hbond substituents is 1. The maximum Gasteiger partial charge on any atom is 0.160 e. The normalized spacial score (nSPS) is 10.4. The highest BCUT2D eigenvalue weighted by Crippen LogP contribution is 2.26. The molecule has 4 nitrogen and oxygen atoms in total. The van der Waals surface area contributed by atoms with Crippen LogP contribution in [0.25, 0.3) is 0 Å². The molecule has 90 valence electrons. The Hall–Kier alpha value is -1.26. The van der Waals surface area contributed by atoms with Gasteiger partial charge in [-0.05, 0) is 30.7 Å². The number of hydrogen-bond acceptors (Lipinski definition) is 4. The highest BCUT2D eigenvalue weighted by atomic mass is 16.5. The van der Waals surface area contributed by atoms with Crippen LogP contribution >= 0.6 is 0 Å². The van der Waals surface area contributed by atoms with Crippen LogP contribution < -0.4 is 10.1 Å². The van der Waals surface area contributed by atoms with E-state index in [9.17, 15) is 5.11 Å². The topological polar surface area (TPSA) is 50.7 Å². The molecule has 0 aliphatic rings. The van der Waals surface area contributed by atoms with Crippen molar-refractivity contribution in [2.45, 2.75) is 6.42 Å². The van der Waals surface area contributed by atoms with Crippen LogP contribution in [-0.2, 0) is 11.2 Å². The van der Waals surface area contributed by atoms with Gasteiger partial charge in [0.1, 0.15) is 0 Å². The maximum atomic E-state index is 9.57. The fourth-order valence-corrected chi connectivity index (χ4v) is 1.42. The summed E-state index contributed by atoms with van der Waals surface area (Å²) in [6, 6.07) is 5.47. The van der Waals surface area contributed by atoms with Crippen LogP contribution in [-0.4, -0.2) is 39.0 Å². The number of rotatable bonds is 7. The van der Waals surface area contributed by atoms with Gasteiger partial charge >= 0.3 is 0 Å². The molecule has 1 aromatic carbocycles. The first-order valence-corrected chi connectivity index (χ1v) is 5.33. The zero-order valence-electron chi connectivity index (χ0n) is 9.82. The molecule has 0 saturated heterocycles. The summed E-state index contributed by atoms with van der Waals surface area (Å²) >= 11 is 0. The van der Waals surface area contributed by atoms with E-state index in [1.165, 1.54) is 0 Å². The van der Waals surface area contributed by atoms with Crippen molar-refractivity contribution in [1.29, 1.82) is 0 Å². The van der Waals surface area contributed by atoms with Crippen LogP contribution in [0.1, 0.15) is 5.56 Å². The summed E-state index contributed by atoms with van der Waals surface area (Å²) in [5.74, 6) is 0.702. The van der Waals surface area contributed by atoms with Gasteiger partial charge in [0.05, 0.1) is 13.7 Å². The Balaban J connectivity index is 2.34. The smallest absolute Gasteiger partial charge is 0.160 e. The minimum absolute atomic E-state index is 0.192. The zero-order chi connectivity index (χ0) is 11.8. The lowest BCUT2D eigenvalue weighted by molar-refractivity contribution is 0.199. The van der Waals surface area contributed by atoms with Crippen LogP contribution in [0.3, 0.4) is 0 Å². The van der Waals surface area contributed by atoms with Crippen molar-refractivity contribution in [1.82, 2.24) is 5.32 Å². The Bertz CT molecular complexity index is 315. The number of benzene rings is 1. The van der Waals surface area contributed by atoms with E-state index < -0.39 is 0 Å². The summed E-state index contributed by atoms with van der Waals surface area (Å²) in [5, 5.41) is 12.8. The number of methoxy groups -OCH3 is 2. The molecule has 0 aliphatic heterocycles. The third-order valence-corrected chi connectivity index (χ3v) is 2.32. The van der Waals surface area contributed by atoms with E-state index in [0.717, 1.165) is 25.1 Å². The van der Waals surface area contributed by atoms with E-state index >= 15 is 0 Å². The molecule has 0 atom stereocenters. The molecule has 0 aliphatic carbocycles. The summed E-state index contributed by atoms with van der Waals surface area (Å²) in [5.41, 5.74) is 1.09. The molecule has 0 heterocycles. The van der Waals surface area contributed by atoms with Gasteiger partial charge in [0.2, 0.25) is 0 Å². The number of nitrogens with one attached hydrogen (secondary N) is 1. The Labute approximate surface area is 96.2 Å². The van der Waals surface area contributed by atoms with Crippen molar-refractivity contribution in [3.63, 3.8) is 0 Å². The van der Waals surface area contributed by atoms with E-state index in [1.807, 2.05) is 6.07 Å². The van der Waals surface area contributed by atoms with E-state index in [4.69, 9.17) is 9.47 Å². The van der Waals surface area contributed by atoms with Gasteiger partial charge < -0.3 is 19.9 Å². The van der Waals surface area contributed by atoms with Crippen LogP contribution in [0.5, 0.6) is 11.5 Å². The second kappa shape index (κ2) is 7.09. The van der Waals surface area contributed by atoms with Gasteiger partial charge in [-0.2, -0.15) is 0 Å². The van der Waals surface area contributed by atoms with Crippen molar-refractivity contribution < 1.29 is 14.6 Å². The third-order valence-electron chi connectivity index (χ3n) is 2.32. The highest BCUT2D eigenvalue weighted by molar-refractivity contribution is 5.41. The predicted molar refractivity (Wildman–Crippen MR) is 63.1 cm³/mol. The molecular formula is C12H19NO3. The molecule has 2 N–H and O–H groups in total. The van der Waals surface area contributed by atoms with Crippen LogP contribution in [0.15, 0.2) is 18.2 Å². The first kappa shape index (κ1) is 12.8. The zero-order valence-corrected chi connectivity index (χ0v) is 9.82. The average Bonchev–Trinajstić information content (AvgIpc) is 2.29. The third kappa shape index (κ3) is 4.08. The first-order chi connectivity index (χ1) is 7.77. The summed E-state index contributed by atoms with van der Waals surface area (Å²) in [7, 11) is 3.23. The van der Waals surface area contributed by atoms with Crippen molar-refractivity contribution in [2.75, 3.05) is 33.9 Å². The molecule has 0 bridgehead atoms. The molecule has 0 amide bonds. The second-order valence-corrected chi connectivity index (χ2v) is 3.50. The fourth-order valence-electron chi connectivity index (χ4n) is 1.42. The minimum atomic E-state index is 0.192. The summed E-state index contributed by atoms with van der Waals surface area (Å²) < 4.78 is 9.90. The van der Waals surface area contributed by atoms with Gasteiger partial charge in [-0.15, -0.1) is 0 Å². The number of hydrogen-bond donors (Lipinski definition) is 2. The van der Waals surface area contributed by atoms with Gasteiger partial charge in [-0.1, -0.05) is 6.07 Å². The molecule has 0 radical (unpaired) electrons. The summed E-state index contributed by atoms with van der Waals surface area (Å²) in [6.45, 7) is 2.43. The first-order valence-electron chi connectivity index (χ1n) is 5.33. The summed E-state index contributed by atoms with van der Waals surface area (Å²) in [6.07, 6.45) is 0.876. The van der Waals surface area contributed by atoms with E-state index in [1.54, 1.807) is 26.4 Å². The highest BCUT2D eigenvalue weighted by Gasteiger charge is 2.01. The van der Waals surface area contributed by atoms with Gasteiger partial charge in [0, 0.05) is 13.7 Å². The van der Waals surface area contributed by atoms with Crippen molar-refractivity contribution in [3.05, 3.63) is 23.8 Å². The standard InChI is InChI=1S/C12H19NO3/c1-15-8-7-13-6-5-10-3-4-12(16-2)11(14)9-10/h3-4,9,13-14H,5-8H2,1-2H3. The average molecular weight is 225 g/mol. The largest absolute Gasteiger partial charge is 0.504 e. The number of phenols is 1. The predicted octanol–water partition coefficient (Wildman–Crippen LogP) is 1.18. The Kier molecular flexibility index (Phi) is 5.67. The Morgan fingerprint density at radius 3 is 2.69 bits per heavy atom. The van der Waals surface area contributed by atoms with Gasteiger partial charge in [0.15, 0.2) is 11.5 Å². The quantitative estimate of drug-likeness (QED) is 0.684. The minimum Gasteiger partial charge on any atom is -0.504 e. The number of ether oxygens (including phenoxy) is 2. The molecule has 0 spiro atoms. The van der Waals surface area contributed by atoms with E-state index in [2.05, 4.69) is 5.32 Å². The fraction of sp³-hybridized carbons (Fsp3) is 0.500. The SMILES string of the molecule is COCCNCCc1ccc(OC)c(O)c1. The van der Waals surface area contributed by atoms with Crippen LogP contribution in [0, 0.1) is 0 Å². The van der Waals surface area contributed by atoms with Crippen molar-refractivity contribution >= 4 is 0 Å².